The van der Waals surface area contributed by atoms with Crippen molar-refractivity contribution in [1.82, 2.24) is 0 Å². The molecule has 0 fully saturated rings. The standard InChI is InChI=1S/C11H15Cl2NO/c1-2-8(7-15)14-6-9-10(12)4-3-5-11(9)13/h3-5,8,14-15H,2,6-7H2,1H3/p+1/t8-/m0/s1. The van der Waals surface area contributed by atoms with Crippen molar-refractivity contribution < 1.29 is 10.4 Å². The third kappa shape index (κ3) is 3.65. The van der Waals surface area contributed by atoms with E-state index in [1.165, 1.54) is 0 Å². The average molecular weight is 249 g/mol. The molecule has 15 heavy (non-hydrogen) atoms. The maximum Gasteiger partial charge on any atom is 0.109 e. The first-order chi connectivity index (χ1) is 7.19. The minimum absolute atomic E-state index is 0.179. The number of quaternary nitrogens is 1. The Hall–Kier alpha value is -0.280. The average Bonchev–Trinajstić information content (AvgIpc) is 2.23. The Morgan fingerprint density at radius 2 is 1.93 bits per heavy atom. The van der Waals surface area contributed by atoms with E-state index in [4.69, 9.17) is 28.3 Å². The molecule has 0 unspecified atom stereocenters. The van der Waals surface area contributed by atoms with Gasteiger partial charge in [-0.2, -0.15) is 0 Å². The molecule has 0 aliphatic carbocycles. The van der Waals surface area contributed by atoms with Gasteiger partial charge >= 0.3 is 0 Å². The summed E-state index contributed by atoms with van der Waals surface area (Å²) in [5.74, 6) is 0. The highest BCUT2D eigenvalue weighted by Gasteiger charge is 2.11. The van der Waals surface area contributed by atoms with Gasteiger partial charge in [-0.15, -0.1) is 0 Å². The lowest BCUT2D eigenvalue weighted by Gasteiger charge is -2.12. The highest BCUT2D eigenvalue weighted by molar-refractivity contribution is 6.35. The van der Waals surface area contributed by atoms with Gasteiger partial charge in [-0.1, -0.05) is 36.2 Å². The van der Waals surface area contributed by atoms with Crippen LogP contribution in [0.2, 0.25) is 10.0 Å². The zero-order valence-electron chi connectivity index (χ0n) is 8.71. The van der Waals surface area contributed by atoms with Gasteiger partial charge in [-0.05, 0) is 18.6 Å². The molecule has 2 nitrogen and oxygen atoms in total. The predicted octanol–water partition coefficient (Wildman–Crippen LogP) is 1.83. The molecule has 0 heterocycles. The van der Waals surface area contributed by atoms with Crippen LogP contribution < -0.4 is 5.32 Å². The fourth-order valence-electron chi connectivity index (χ4n) is 1.38. The largest absolute Gasteiger partial charge is 0.390 e. The van der Waals surface area contributed by atoms with Crippen molar-refractivity contribution in [1.29, 1.82) is 0 Å². The van der Waals surface area contributed by atoms with E-state index in [1.54, 1.807) is 0 Å². The Bertz CT molecular complexity index is 293. The van der Waals surface area contributed by atoms with Crippen molar-refractivity contribution in [2.45, 2.75) is 25.9 Å². The molecule has 0 bridgehead atoms. The third-order valence-electron chi connectivity index (χ3n) is 2.48. The molecular weight excluding hydrogens is 233 g/mol. The van der Waals surface area contributed by atoms with E-state index in [1.807, 2.05) is 25.1 Å². The van der Waals surface area contributed by atoms with Gasteiger partial charge in [0.1, 0.15) is 12.6 Å². The molecular formula is C11H16Cl2NO+. The first-order valence-corrected chi connectivity index (χ1v) is 5.81. The van der Waals surface area contributed by atoms with Gasteiger partial charge in [0.05, 0.1) is 16.7 Å². The number of aliphatic hydroxyl groups excluding tert-OH is 1. The van der Waals surface area contributed by atoms with Crippen LogP contribution in [0.25, 0.3) is 0 Å². The van der Waals surface area contributed by atoms with Crippen LogP contribution in [0.5, 0.6) is 0 Å². The summed E-state index contributed by atoms with van der Waals surface area (Å²) >= 11 is 12.1. The molecule has 0 saturated carbocycles. The summed E-state index contributed by atoms with van der Waals surface area (Å²) < 4.78 is 0. The van der Waals surface area contributed by atoms with Crippen molar-refractivity contribution in [2.75, 3.05) is 6.61 Å². The number of nitrogens with two attached hydrogens (primary N) is 1. The quantitative estimate of drug-likeness (QED) is 0.820. The second kappa shape index (κ2) is 6.33. The molecule has 3 N–H and O–H groups in total. The normalized spacial score (nSPS) is 12.8. The summed E-state index contributed by atoms with van der Waals surface area (Å²) in [5.41, 5.74) is 0.938. The molecule has 1 aromatic rings. The Morgan fingerprint density at radius 3 is 2.40 bits per heavy atom. The molecule has 0 spiro atoms. The highest BCUT2D eigenvalue weighted by Crippen LogP contribution is 2.22. The molecule has 1 rings (SSSR count). The third-order valence-corrected chi connectivity index (χ3v) is 3.18. The number of aliphatic hydroxyl groups is 1. The number of rotatable bonds is 5. The first-order valence-electron chi connectivity index (χ1n) is 5.06. The topological polar surface area (TPSA) is 36.8 Å². The van der Waals surface area contributed by atoms with Crippen LogP contribution in [0.3, 0.4) is 0 Å². The van der Waals surface area contributed by atoms with Crippen molar-refractivity contribution >= 4 is 23.2 Å². The van der Waals surface area contributed by atoms with Crippen molar-refractivity contribution in [2.24, 2.45) is 0 Å². The van der Waals surface area contributed by atoms with Crippen LogP contribution in [0, 0.1) is 0 Å². The monoisotopic (exact) mass is 248 g/mol. The summed E-state index contributed by atoms with van der Waals surface area (Å²) in [4.78, 5) is 0. The van der Waals surface area contributed by atoms with Gasteiger partial charge in [-0.25, -0.2) is 0 Å². The molecule has 0 aromatic heterocycles. The van der Waals surface area contributed by atoms with Crippen LogP contribution in [0.4, 0.5) is 0 Å². The second-order valence-electron chi connectivity index (χ2n) is 3.49. The summed E-state index contributed by atoms with van der Waals surface area (Å²) in [7, 11) is 0. The van der Waals surface area contributed by atoms with Crippen LogP contribution >= 0.6 is 23.2 Å². The number of hydrogen-bond donors (Lipinski definition) is 2. The highest BCUT2D eigenvalue weighted by atomic mass is 35.5. The van der Waals surface area contributed by atoms with Gasteiger partial charge in [0.15, 0.2) is 0 Å². The maximum absolute atomic E-state index is 9.05. The molecule has 0 radical (unpaired) electrons. The van der Waals surface area contributed by atoms with Gasteiger partial charge in [0.2, 0.25) is 0 Å². The van der Waals surface area contributed by atoms with E-state index in [0.29, 0.717) is 16.6 Å². The number of benzene rings is 1. The summed E-state index contributed by atoms with van der Waals surface area (Å²) in [6, 6.07) is 5.71. The minimum atomic E-state index is 0.179. The van der Waals surface area contributed by atoms with E-state index in [2.05, 4.69) is 5.32 Å². The van der Waals surface area contributed by atoms with Gasteiger partial charge in [0, 0.05) is 5.56 Å². The van der Waals surface area contributed by atoms with Crippen LogP contribution in [-0.2, 0) is 6.54 Å². The summed E-state index contributed by atoms with van der Waals surface area (Å²) in [6.45, 7) is 2.93. The summed E-state index contributed by atoms with van der Waals surface area (Å²) in [6.07, 6.45) is 0.929. The molecule has 1 atom stereocenters. The molecule has 4 heteroatoms. The molecule has 0 aliphatic rings. The van der Waals surface area contributed by atoms with Crippen molar-refractivity contribution in [3.05, 3.63) is 33.8 Å². The Labute approximate surface area is 100 Å². The number of hydrogen-bond acceptors (Lipinski definition) is 1. The zero-order chi connectivity index (χ0) is 11.3. The van der Waals surface area contributed by atoms with E-state index in [0.717, 1.165) is 12.0 Å². The van der Waals surface area contributed by atoms with Crippen LogP contribution in [0.1, 0.15) is 18.9 Å². The minimum Gasteiger partial charge on any atom is -0.390 e. The Kier molecular flexibility index (Phi) is 5.40. The van der Waals surface area contributed by atoms with Crippen molar-refractivity contribution in [3.63, 3.8) is 0 Å². The van der Waals surface area contributed by atoms with Crippen LogP contribution in [-0.4, -0.2) is 17.8 Å². The van der Waals surface area contributed by atoms with E-state index in [-0.39, 0.29) is 12.6 Å². The molecule has 1 aromatic carbocycles. The lowest BCUT2D eigenvalue weighted by molar-refractivity contribution is -0.706. The SMILES string of the molecule is CC[C@@H](CO)[NH2+]Cc1c(Cl)cccc1Cl. The van der Waals surface area contributed by atoms with E-state index >= 15 is 0 Å². The van der Waals surface area contributed by atoms with Crippen molar-refractivity contribution in [3.8, 4) is 0 Å². The summed E-state index contributed by atoms with van der Waals surface area (Å²) in [5, 5.41) is 12.5. The lowest BCUT2D eigenvalue weighted by atomic mass is 10.2. The molecule has 0 amide bonds. The Balaban J connectivity index is 2.64. The molecule has 0 saturated heterocycles. The van der Waals surface area contributed by atoms with E-state index in [9.17, 15) is 0 Å². The van der Waals surface area contributed by atoms with Gasteiger partial charge in [-0.3, -0.25) is 0 Å². The number of halogens is 2. The van der Waals surface area contributed by atoms with Gasteiger partial charge in [0.25, 0.3) is 0 Å². The van der Waals surface area contributed by atoms with E-state index < -0.39 is 0 Å². The fraction of sp³-hybridized carbons (Fsp3) is 0.455. The zero-order valence-corrected chi connectivity index (χ0v) is 10.2. The van der Waals surface area contributed by atoms with Gasteiger partial charge < -0.3 is 10.4 Å². The lowest BCUT2D eigenvalue weighted by Crippen LogP contribution is -2.89. The molecule has 84 valence electrons. The predicted molar refractivity (Wildman–Crippen MR) is 63.3 cm³/mol. The van der Waals surface area contributed by atoms with Crippen LogP contribution in [0.15, 0.2) is 18.2 Å². The Morgan fingerprint density at radius 1 is 1.33 bits per heavy atom. The molecule has 0 aliphatic heterocycles. The smallest absolute Gasteiger partial charge is 0.109 e. The first kappa shape index (κ1) is 12.8. The maximum atomic E-state index is 9.05. The fourth-order valence-corrected chi connectivity index (χ4v) is 1.93. The second-order valence-corrected chi connectivity index (χ2v) is 4.31.